The zero-order valence-electron chi connectivity index (χ0n) is 16.6. The Labute approximate surface area is 176 Å². The van der Waals surface area contributed by atoms with E-state index in [9.17, 15) is 13.2 Å². The summed E-state index contributed by atoms with van der Waals surface area (Å²) in [5, 5.41) is 8.09. The molecule has 7 nitrogen and oxygen atoms in total. The maximum atomic E-state index is 13.3. The lowest BCUT2D eigenvalue weighted by Gasteiger charge is -2.30. The molecule has 1 saturated heterocycles. The van der Waals surface area contributed by atoms with Gasteiger partial charge in [0.1, 0.15) is 4.90 Å². The first-order chi connectivity index (χ1) is 13.8. The third kappa shape index (κ3) is 4.06. The third-order valence-electron chi connectivity index (χ3n) is 5.64. The molecule has 0 bridgehead atoms. The summed E-state index contributed by atoms with van der Waals surface area (Å²) >= 11 is 5.95. The van der Waals surface area contributed by atoms with E-state index in [-0.39, 0.29) is 16.7 Å². The van der Waals surface area contributed by atoms with E-state index in [4.69, 9.17) is 11.6 Å². The first kappa shape index (κ1) is 20.4. The van der Waals surface area contributed by atoms with E-state index in [1.54, 1.807) is 30.7 Å². The van der Waals surface area contributed by atoms with Crippen LogP contribution in [0.3, 0.4) is 0 Å². The Morgan fingerprint density at radius 1 is 1.10 bits per heavy atom. The number of nitrogens with one attached hydrogen (secondary N) is 1. The summed E-state index contributed by atoms with van der Waals surface area (Å²) in [4.78, 5) is 12.5. The van der Waals surface area contributed by atoms with Crippen molar-refractivity contribution in [2.24, 2.45) is 5.92 Å². The molecule has 2 aromatic rings. The maximum absolute atomic E-state index is 13.3. The lowest BCUT2D eigenvalue weighted by Crippen LogP contribution is -2.43. The first-order valence-corrected chi connectivity index (χ1v) is 11.7. The average Bonchev–Trinajstić information content (AvgIpc) is 3.45. The summed E-state index contributed by atoms with van der Waals surface area (Å²) in [5.41, 5.74) is 1.79. The van der Waals surface area contributed by atoms with Crippen LogP contribution in [0.4, 0.5) is 0 Å². The van der Waals surface area contributed by atoms with E-state index in [1.807, 2.05) is 12.1 Å². The SMILES string of the molecule is Cc1nn(-c2ccc(Cl)cc2)c(C)c1S(=O)(=O)N1CCC(C(=O)NC2CC2)CC1. The van der Waals surface area contributed by atoms with Gasteiger partial charge in [0.05, 0.1) is 17.1 Å². The summed E-state index contributed by atoms with van der Waals surface area (Å²) < 4.78 is 29.8. The zero-order chi connectivity index (χ0) is 20.8. The van der Waals surface area contributed by atoms with Crippen LogP contribution in [0.5, 0.6) is 0 Å². The Morgan fingerprint density at radius 3 is 2.31 bits per heavy atom. The van der Waals surface area contributed by atoms with Crippen LogP contribution in [0, 0.1) is 19.8 Å². The second kappa shape index (κ2) is 7.74. The normalized spacial score (nSPS) is 18.7. The van der Waals surface area contributed by atoms with Crippen LogP contribution in [0.25, 0.3) is 5.69 Å². The molecule has 2 heterocycles. The monoisotopic (exact) mass is 436 g/mol. The molecule has 1 aliphatic carbocycles. The van der Waals surface area contributed by atoms with Gasteiger partial charge in [-0.3, -0.25) is 4.79 Å². The molecule has 0 unspecified atom stereocenters. The summed E-state index contributed by atoms with van der Waals surface area (Å²) in [7, 11) is -3.69. The highest BCUT2D eigenvalue weighted by Gasteiger charge is 2.36. The lowest BCUT2D eigenvalue weighted by atomic mass is 9.97. The number of aromatic nitrogens is 2. The first-order valence-electron chi connectivity index (χ1n) is 9.90. The number of rotatable bonds is 5. The Bertz CT molecular complexity index is 1020. The Kier molecular flexibility index (Phi) is 5.44. The lowest BCUT2D eigenvalue weighted by molar-refractivity contribution is -0.126. The predicted molar refractivity (Wildman–Crippen MR) is 111 cm³/mol. The molecule has 0 spiro atoms. The third-order valence-corrected chi connectivity index (χ3v) is 8.05. The molecule has 2 fully saturated rings. The van der Waals surface area contributed by atoms with Crippen molar-refractivity contribution in [1.82, 2.24) is 19.4 Å². The van der Waals surface area contributed by atoms with Crippen molar-refractivity contribution < 1.29 is 13.2 Å². The standard InChI is InChI=1S/C20H25ClN4O3S/c1-13-19(14(2)25(23-13)18-7-3-16(21)4-8-18)29(27,28)24-11-9-15(10-12-24)20(26)22-17-5-6-17/h3-4,7-8,15,17H,5-6,9-12H2,1-2H3,(H,22,26). The number of hydrogen-bond acceptors (Lipinski definition) is 4. The van der Waals surface area contributed by atoms with Crippen molar-refractivity contribution >= 4 is 27.5 Å². The number of halogens is 1. The largest absolute Gasteiger partial charge is 0.353 e. The van der Waals surface area contributed by atoms with Crippen LogP contribution in [-0.2, 0) is 14.8 Å². The fraction of sp³-hybridized carbons (Fsp3) is 0.500. The van der Waals surface area contributed by atoms with Crippen molar-refractivity contribution in [2.45, 2.75) is 50.5 Å². The Balaban J connectivity index is 1.53. The van der Waals surface area contributed by atoms with E-state index >= 15 is 0 Å². The van der Waals surface area contributed by atoms with Gasteiger partial charge >= 0.3 is 0 Å². The number of carbonyl (C=O) groups excluding carboxylic acids is 1. The number of aryl methyl sites for hydroxylation is 1. The molecule has 1 amide bonds. The topological polar surface area (TPSA) is 84.3 Å². The Hall–Kier alpha value is -1.90. The van der Waals surface area contributed by atoms with Gasteiger partial charge in [-0.1, -0.05) is 11.6 Å². The highest BCUT2D eigenvalue weighted by Crippen LogP contribution is 2.30. The molecule has 0 radical (unpaired) electrons. The molecule has 0 atom stereocenters. The van der Waals surface area contributed by atoms with Gasteiger partial charge in [-0.2, -0.15) is 9.40 Å². The summed E-state index contributed by atoms with van der Waals surface area (Å²) in [6.45, 7) is 4.16. The van der Waals surface area contributed by atoms with Crippen molar-refractivity contribution in [3.8, 4) is 5.69 Å². The average molecular weight is 437 g/mol. The molecule has 1 aromatic carbocycles. The van der Waals surface area contributed by atoms with E-state index in [0.29, 0.717) is 48.4 Å². The molecule has 156 valence electrons. The molecule has 4 rings (SSSR count). The van der Waals surface area contributed by atoms with Crippen molar-refractivity contribution in [1.29, 1.82) is 0 Å². The van der Waals surface area contributed by atoms with Gasteiger partial charge in [-0.15, -0.1) is 0 Å². The van der Waals surface area contributed by atoms with Gasteiger partial charge in [0.25, 0.3) is 0 Å². The van der Waals surface area contributed by atoms with Gasteiger partial charge in [0, 0.05) is 30.1 Å². The van der Waals surface area contributed by atoms with Crippen LogP contribution in [-0.4, -0.2) is 47.5 Å². The summed E-state index contributed by atoms with van der Waals surface area (Å²) in [5.74, 6) is -0.0477. The van der Waals surface area contributed by atoms with Crippen molar-refractivity contribution in [2.75, 3.05) is 13.1 Å². The van der Waals surface area contributed by atoms with Gasteiger partial charge in [-0.05, 0) is 63.8 Å². The number of amides is 1. The molecule has 1 aromatic heterocycles. The predicted octanol–water partition coefficient (Wildman–Crippen LogP) is 2.82. The minimum absolute atomic E-state index is 0.0625. The van der Waals surface area contributed by atoms with E-state index in [0.717, 1.165) is 18.5 Å². The van der Waals surface area contributed by atoms with Gasteiger partial charge in [0.15, 0.2) is 0 Å². The molecule has 1 aliphatic heterocycles. The molecular weight excluding hydrogens is 412 g/mol. The number of piperidine rings is 1. The number of hydrogen-bond donors (Lipinski definition) is 1. The molecular formula is C20H25ClN4O3S. The van der Waals surface area contributed by atoms with Crippen molar-refractivity contribution in [3.05, 3.63) is 40.7 Å². The number of sulfonamides is 1. The highest BCUT2D eigenvalue weighted by molar-refractivity contribution is 7.89. The van der Waals surface area contributed by atoms with Gasteiger partial charge < -0.3 is 5.32 Å². The Morgan fingerprint density at radius 2 is 1.72 bits per heavy atom. The minimum Gasteiger partial charge on any atom is -0.353 e. The summed E-state index contributed by atoms with van der Waals surface area (Å²) in [6.07, 6.45) is 3.19. The van der Waals surface area contributed by atoms with E-state index in [1.165, 1.54) is 4.31 Å². The van der Waals surface area contributed by atoms with Crippen LogP contribution >= 0.6 is 11.6 Å². The maximum Gasteiger partial charge on any atom is 0.246 e. The van der Waals surface area contributed by atoms with Crippen LogP contribution in [0.1, 0.15) is 37.1 Å². The fourth-order valence-electron chi connectivity index (χ4n) is 3.87. The quantitative estimate of drug-likeness (QED) is 0.781. The molecule has 9 heteroatoms. The number of nitrogens with zero attached hydrogens (tertiary/aromatic N) is 3. The fourth-order valence-corrected chi connectivity index (χ4v) is 5.82. The molecule has 1 N–H and O–H groups in total. The summed E-state index contributed by atoms with van der Waals surface area (Å²) in [6, 6.07) is 7.44. The van der Waals surface area contributed by atoms with Crippen LogP contribution < -0.4 is 5.32 Å². The van der Waals surface area contributed by atoms with Crippen LogP contribution in [0.15, 0.2) is 29.2 Å². The van der Waals surface area contributed by atoms with E-state index in [2.05, 4.69) is 10.4 Å². The minimum atomic E-state index is -3.69. The second-order valence-corrected chi connectivity index (χ2v) is 10.2. The van der Waals surface area contributed by atoms with Gasteiger partial charge in [0.2, 0.25) is 15.9 Å². The number of carbonyl (C=O) groups is 1. The van der Waals surface area contributed by atoms with Crippen molar-refractivity contribution in [3.63, 3.8) is 0 Å². The molecule has 2 aliphatic rings. The van der Waals surface area contributed by atoms with Gasteiger partial charge in [-0.25, -0.2) is 13.1 Å². The molecule has 1 saturated carbocycles. The molecule has 29 heavy (non-hydrogen) atoms. The highest BCUT2D eigenvalue weighted by atomic mass is 35.5. The van der Waals surface area contributed by atoms with E-state index < -0.39 is 10.0 Å². The smallest absolute Gasteiger partial charge is 0.246 e. The van der Waals surface area contributed by atoms with Crippen LogP contribution in [0.2, 0.25) is 5.02 Å². The number of benzene rings is 1. The zero-order valence-corrected chi connectivity index (χ0v) is 18.1. The second-order valence-electron chi connectivity index (χ2n) is 7.85.